The summed E-state index contributed by atoms with van der Waals surface area (Å²) in [5.74, 6) is 1.33. The van der Waals surface area contributed by atoms with E-state index in [-0.39, 0.29) is 44.6 Å². The maximum absolute atomic E-state index is 14.1. The minimum atomic E-state index is -0.422. The molecule has 4 aliphatic rings. The molecule has 0 heterocycles. The average Bonchev–Trinajstić information content (AvgIpc) is 3.01. The Labute approximate surface area is 214 Å². The molecule has 0 spiro atoms. The van der Waals surface area contributed by atoms with Crippen molar-refractivity contribution in [3.63, 3.8) is 0 Å². The minimum absolute atomic E-state index is 0.0152. The van der Waals surface area contributed by atoms with Crippen LogP contribution in [0.15, 0.2) is 23.3 Å². The Bertz CT molecular complexity index is 977. The summed E-state index contributed by atoms with van der Waals surface area (Å²) in [6.45, 7) is 24.4. The van der Waals surface area contributed by atoms with Gasteiger partial charge in [0.2, 0.25) is 0 Å². The van der Waals surface area contributed by atoms with E-state index in [4.69, 9.17) is 0 Å². The molecule has 0 aliphatic heterocycles. The first kappa shape index (κ1) is 26.8. The van der Waals surface area contributed by atoms with Gasteiger partial charge in [0.1, 0.15) is 0 Å². The van der Waals surface area contributed by atoms with Crippen LogP contribution >= 0.6 is 0 Å². The van der Waals surface area contributed by atoms with E-state index in [0.717, 1.165) is 43.3 Å². The number of rotatable bonds is 4. The molecule has 0 saturated heterocycles. The molecule has 0 unspecified atom stereocenters. The van der Waals surface area contributed by atoms with Crippen LogP contribution in [-0.4, -0.2) is 22.8 Å². The standard InChI is InChI=1S/C32H50O3/c1-19(11-12-20(2)28(3,4)5)21-13-16-31(9)27-22(33)17-24-29(6,7)25(35)14-15-30(24,8)26(27)23(34)18-32(21,31)10/h19,21,24-25,35H,2,11-18H2,1,3-10H3/t19-,21-,24-,25-,30-,31+,32-/m0/s1. The summed E-state index contributed by atoms with van der Waals surface area (Å²) in [6, 6.07) is 0. The van der Waals surface area contributed by atoms with Crippen LogP contribution in [0, 0.1) is 44.8 Å². The zero-order valence-corrected chi connectivity index (χ0v) is 23.9. The molecule has 196 valence electrons. The Morgan fingerprint density at radius 3 is 2.26 bits per heavy atom. The maximum Gasteiger partial charge on any atom is 0.160 e. The maximum atomic E-state index is 14.1. The van der Waals surface area contributed by atoms with Crippen molar-refractivity contribution in [3.05, 3.63) is 23.3 Å². The second-order valence-corrected chi connectivity index (χ2v) is 15.1. The number of ketones is 2. The number of carbonyl (C=O) groups excluding carboxylic acids is 2. The summed E-state index contributed by atoms with van der Waals surface area (Å²) in [7, 11) is 0. The summed E-state index contributed by atoms with van der Waals surface area (Å²) in [5.41, 5.74) is 2.03. The van der Waals surface area contributed by atoms with Gasteiger partial charge in [0.05, 0.1) is 6.10 Å². The first-order valence-electron chi connectivity index (χ1n) is 14.1. The third kappa shape index (κ3) is 3.69. The van der Waals surface area contributed by atoms with Crippen molar-refractivity contribution in [2.45, 2.75) is 120 Å². The van der Waals surface area contributed by atoms with Gasteiger partial charge in [-0.25, -0.2) is 0 Å². The van der Waals surface area contributed by atoms with Crippen molar-refractivity contribution in [1.29, 1.82) is 0 Å². The smallest absolute Gasteiger partial charge is 0.160 e. The van der Waals surface area contributed by atoms with Crippen molar-refractivity contribution in [1.82, 2.24) is 0 Å². The van der Waals surface area contributed by atoms with E-state index in [0.29, 0.717) is 31.1 Å². The highest BCUT2D eigenvalue weighted by Gasteiger charge is 2.67. The first-order chi connectivity index (χ1) is 15.9. The lowest BCUT2D eigenvalue weighted by Crippen LogP contribution is -2.59. The molecule has 2 fully saturated rings. The van der Waals surface area contributed by atoms with Crippen molar-refractivity contribution >= 4 is 11.6 Å². The lowest BCUT2D eigenvalue weighted by molar-refractivity contribution is -0.141. The molecule has 1 N–H and O–H groups in total. The van der Waals surface area contributed by atoms with Crippen molar-refractivity contribution in [2.24, 2.45) is 44.8 Å². The highest BCUT2D eigenvalue weighted by atomic mass is 16.3. The number of aliphatic hydroxyl groups is 1. The molecule has 0 bridgehead atoms. The van der Waals surface area contributed by atoms with E-state index in [1.165, 1.54) is 5.57 Å². The average molecular weight is 483 g/mol. The normalized spacial score (nSPS) is 41.8. The molecular weight excluding hydrogens is 432 g/mol. The van der Waals surface area contributed by atoms with E-state index in [2.05, 4.69) is 68.9 Å². The van der Waals surface area contributed by atoms with E-state index in [1.54, 1.807) is 0 Å². The van der Waals surface area contributed by atoms with Crippen LogP contribution in [0.4, 0.5) is 0 Å². The second-order valence-electron chi connectivity index (χ2n) is 15.1. The van der Waals surface area contributed by atoms with Gasteiger partial charge in [-0.2, -0.15) is 0 Å². The molecule has 35 heavy (non-hydrogen) atoms. The van der Waals surface area contributed by atoms with E-state index in [1.807, 2.05) is 0 Å². The highest BCUT2D eigenvalue weighted by Crippen LogP contribution is 2.71. The molecule has 0 radical (unpaired) electrons. The van der Waals surface area contributed by atoms with E-state index >= 15 is 0 Å². The van der Waals surface area contributed by atoms with Gasteiger partial charge in [-0.15, -0.1) is 0 Å². The van der Waals surface area contributed by atoms with E-state index < -0.39 is 6.10 Å². The van der Waals surface area contributed by atoms with Gasteiger partial charge in [-0.05, 0) is 72.5 Å². The molecule has 0 amide bonds. The Kier molecular flexibility index (Phi) is 6.24. The van der Waals surface area contributed by atoms with Crippen LogP contribution in [0.25, 0.3) is 0 Å². The molecule has 3 nitrogen and oxygen atoms in total. The number of hydrogen-bond acceptors (Lipinski definition) is 3. The summed E-state index contributed by atoms with van der Waals surface area (Å²) in [5, 5.41) is 10.8. The summed E-state index contributed by atoms with van der Waals surface area (Å²) in [4.78, 5) is 28.1. The molecule has 2 saturated carbocycles. The van der Waals surface area contributed by atoms with Gasteiger partial charge in [0.25, 0.3) is 0 Å². The third-order valence-electron chi connectivity index (χ3n) is 12.0. The minimum Gasteiger partial charge on any atom is -0.393 e. The fourth-order valence-corrected chi connectivity index (χ4v) is 9.08. The fourth-order valence-electron chi connectivity index (χ4n) is 9.08. The zero-order chi connectivity index (χ0) is 26.4. The molecule has 4 rings (SSSR count). The number of fused-ring (bicyclic) bond motifs is 4. The SMILES string of the molecule is C=C(CC[C@H](C)[C@@H]1CC[C@]2(C)C3=C(C(=O)C[C@@]12C)[C@@]1(C)CC[C@H](O)C(C)(C)[C@@H]1CC3=O)C(C)(C)C. The second kappa shape index (κ2) is 8.14. The number of carbonyl (C=O) groups is 2. The van der Waals surface area contributed by atoms with Gasteiger partial charge in [0.15, 0.2) is 11.6 Å². The number of aliphatic hydroxyl groups excluding tert-OH is 1. The van der Waals surface area contributed by atoms with Gasteiger partial charge >= 0.3 is 0 Å². The molecule has 0 aromatic heterocycles. The fraction of sp³-hybridized carbons (Fsp3) is 0.812. The number of allylic oxidation sites excluding steroid dienone is 3. The molecule has 3 heteroatoms. The largest absolute Gasteiger partial charge is 0.393 e. The first-order valence-corrected chi connectivity index (χ1v) is 14.1. The highest BCUT2D eigenvalue weighted by molar-refractivity contribution is 6.11. The van der Waals surface area contributed by atoms with Crippen LogP contribution < -0.4 is 0 Å². The van der Waals surface area contributed by atoms with Crippen LogP contribution in [0.3, 0.4) is 0 Å². The Balaban J connectivity index is 1.72. The van der Waals surface area contributed by atoms with Crippen LogP contribution in [0.1, 0.15) is 114 Å². The molecule has 4 aliphatic carbocycles. The van der Waals surface area contributed by atoms with Crippen molar-refractivity contribution < 1.29 is 14.7 Å². The van der Waals surface area contributed by atoms with Crippen LogP contribution in [0.2, 0.25) is 0 Å². The van der Waals surface area contributed by atoms with Crippen LogP contribution in [-0.2, 0) is 9.59 Å². The third-order valence-corrected chi connectivity index (χ3v) is 12.0. The van der Waals surface area contributed by atoms with Crippen LogP contribution in [0.5, 0.6) is 0 Å². The van der Waals surface area contributed by atoms with E-state index in [9.17, 15) is 14.7 Å². The monoisotopic (exact) mass is 482 g/mol. The van der Waals surface area contributed by atoms with Gasteiger partial charge in [0, 0.05) is 34.8 Å². The Morgan fingerprint density at radius 1 is 1.03 bits per heavy atom. The van der Waals surface area contributed by atoms with Gasteiger partial charge in [-0.1, -0.05) is 74.5 Å². The predicted octanol–water partition coefficient (Wildman–Crippen LogP) is 7.47. The number of Topliss-reactive ketones (excluding diaryl/α,β-unsaturated/α-hetero) is 2. The zero-order valence-electron chi connectivity index (χ0n) is 23.9. The summed E-state index contributed by atoms with van der Waals surface area (Å²) < 4.78 is 0. The van der Waals surface area contributed by atoms with Gasteiger partial charge in [-0.3, -0.25) is 9.59 Å². The lowest BCUT2D eigenvalue weighted by Gasteiger charge is -2.60. The quantitative estimate of drug-likeness (QED) is 0.423. The Hall–Kier alpha value is -1.22. The predicted molar refractivity (Wildman–Crippen MR) is 143 cm³/mol. The molecule has 0 aromatic rings. The molecule has 0 aromatic carbocycles. The van der Waals surface area contributed by atoms with Crippen molar-refractivity contribution in [2.75, 3.05) is 0 Å². The number of hydrogen-bond donors (Lipinski definition) is 1. The summed E-state index contributed by atoms with van der Waals surface area (Å²) >= 11 is 0. The van der Waals surface area contributed by atoms with Gasteiger partial charge < -0.3 is 5.11 Å². The van der Waals surface area contributed by atoms with Crippen molar-refractivity contribution in [3.8, 4) is 0 Å². The molecular formula is C32H50O3. The summed E-state index contributed by atoms with van der Waals surface area (Å²) in [6.07, 6.45) is 6.26. The topological polar surface area (TPSA) is 54.4 Å². The Morgan fingerprint density at radius 2 is 1.66 bits per heavy atom. The molecule has 7 atom stereocenters. The lowest BCUT2D eigenvalue weighted by atomic mass is 9.43.